The minimum Gasteiger partial charge on any atom is -0.357 e. The van der Waals surface area contributed by atoms with Crippen LogP contribution in [0.25, 0.3) is 11.0 Å². The molecule has 0 saturated heterocycles. The number of hydrogen-bond donors (Lipinski definition) is 0. The molecule has 1 aliphatic rings. The molecular weight excluding hydrogens is 360 g/mol. The average molecular weight is 381 g/mol. The number of hydrogen-bond acceptors (Lipinski definition) is 4. The number of anilines is 2. The summed E-state index contributed by atoms with van der Waals surface area (Å²) < 4.78 is 0. The van der Waals surface area contributed by atoms with Crippen molar-refractivity contribution in [1.82, 2.24) is 9.97 Å². The number of para-hydroxylation sites is 2. The fraction of sp³-hybridized carbons (Fsp3) is 0.286. The number of rotatable bonds is 3. The minimum atomic E-state index is 0.0751. The van der Waals surface area contributed by atoms with Gasteiger partial charge >= 0.3 is 0 Å². The smallest absolute Gasteiger partial charge is 0.228 e. The van der Waals surface area contributed by atoms with E-state index < -0.39 is 0 Å². The number of fused-ring (bicyclic) bond motifs is 2. The first-order valence-electron chi connectivity index (χ1n) is 9.14. The van der Waals surface area contributed by atoms with E-state index in [0.29, 0.717) is 30.2 Å². The molecule has 0 radical (unpaired) electrons. The number of carbonyl (C=O) groups is 1. The van der Waals surface area contributed by atoms with Crippen LogP contribution in [0.5, 0.6) is 0 Å². The predicted molar refractivity (Wildman–Crippen MR) is 110 cm³/mol. The molecule has 0 saturated carbocycles. The Kier molecular flexibility index (Phi) is 4.94. The van der Waals surface area contributed by atoms with Crippen molar-refractivity contribution in [2.24, 2.45) is 0 Å². The minimum absolute atomic E-state index is 0.0751. The van der Waals surface area contributed by atoms with E-state index in [0.717, 1.165) is 35.4 Å². The second kappa shape index (κ2) is 7.53. The maximum Gasteiger partial charge on any atom is 0.228 e. The van der Waals surface area contributed by atoms with E-state index >= 15 is 0 Å². The molecule has 0 N–H and O–H groups in total. The average Bonchev–Trinajstić information content (AvgIpc) is 2.84. The topological polar surface area (TPSA) is 49.3 Å². The Morgan fingerprint density at radius 3 is 2.37 bits per heavy atom. The molecule has 0 spiro atoms. The molecule has 0 fully saturated rings. The van der Waals surface area contributed by atoms with E-state index in [1.54, 1.807) is 4.90 Å². The molecule has 27 heavy (non-hydrogen) atoms. The Bertz CT molecular complexity index is 974. The van der Waals surface area contributed by atoms with Gasteiger partial charge in [0.25, 0.3) is 0 Å². The van der Waals surface area contributed by atoms with Crippen molar-refractivity contribution in [3.8, 4) is 0 Å². The quantitative estimate of drug-likeness (QED) is 0.686. The van der Waals surface area contributed by atoms with Gasteiger partial charge < -0.3 is 4.90 Å². The molecule has 0 atom stereocenters. The summed E-state index contributed by atoms with van der Waals surface area (Å²) in [5.74, 6) is 1.51. The van der Waals surface area contributed by atoms with Crippen molar-refractivity contribution in [3.05, 3.63) is 59.1 Å². The standard InChI is InChI=1S/C21H21ClN4O/c1-25-13-4-14-26(19(27)12-9-15-7-10-16(22)11-8-15)21-20(25)23-17-5-2-3-6-18(17)24-21/h2-3,5-8,10-11H,4,9,12-14H2,1H3. The van der Waals surface area contributed by atoms with Crippen LogP contribution in [0.4, 0.5) is 11.6 Å². The summed E-state index contributed by atoms with van der Waals surface area (Å²) >= 11 is 5.94. The molecule has 3 aromatic rings. The Morgan fingerprint density at radius 2 is 1.67 bits per heavy atom. The zero-order chi connectivity index (χ0) is 18.8. The van der Waals surface area contributed by atoms with Crippen LogP contribution in [0.3, 0.4) is 0 Å². The molecule has 6 heteroatoms. The largest absolute Gasteiger partial charge is 0.357 e. The predicted octanol–water partition coefficient (Wildman–Crippen LogP) is 4.09. The number of nitrogens with zero attached hydrogens (tertiary/aromatic N) is 4. The van der Waals surface area contributed by atoms with E-state index in [1.807, 2.05) is 55.6 Å². The van der Waals surface area contributed by atoms with Gasteiger partial charge in [-0.15, -0.1) is 0 Å². The first kappa shape index (κ1) is 17.7. The molecule has 138 valence electrons. The van der Waals surface area contributed by atoms with Crippen LogP contribution in [0.1, 0.15) is 18.4 Å². The zero-order valence-electron chi connectivity index (χ0n) is 15.2. The van der Waals surface area contributed by atoms with Crippen LogP contribution >= 0.6 is 11.6 Å². The third-order valence-electron chi connectivity index (χ3n) is 4.87. The Balaban J connectivity index is 1.62. The lowest BCUT2D eigenvalue weighted by atomic mass is 10.1. The number of carbonyl (C=O) groups excluding carboxylic acids is 1. The lowest BCUT2D eigenvalue weighted by Crippen LogP contribution is -2.32. The first-order chi connectivity index (χ1) is 13.1. The van der Waals surface area contributed by atoms with Gasteiger partial charge in [-0.3, -0.25) is 9.69 Å². The second-order valence-corrected chi connectivity index (χ2v) is 7.24. The van der Waals surface area contributed by atoms with Crippen molar-refractivity contribution in [3.63, 3.8) is 0 Å². The molecule has 1 aliphatic heterocycles. The van der Waals surface area contributed by atoms with Crippen molar-refractivity contribution in [2.75, 3.05) is 29.9 Å². The SMILES string of the molecule is CN1CCCN(C(=O)CCc2ccc(Cl)cc2)c2nc3ccccc3nc21. The summed E-state index contributed by atoms with van der Waals surface area (Å²) in [5, 5.41) is 0.705. The van der Waals surface area contributed by atoms with Crippen LogP contribution in [0, 0.1) is 0 Å². The van der Waals surface area contributed by atoms with Crippen LogP contribution in [-0.2, 0) is 11.2 Å². The summed E-state index contributed by atoms with van der Waals surface area (Å²) in [7, 11) is 2.00. The van der Waals surface area contributed by atoms with Crippen molar-refractivity contribution >= 4 is 40.2 Å². The highest BCUT2D eigenvalue weighted by Crippen LogP contribution is 2.30. The lowest BCUT2D eigenvalue weighted by Gasteiger charge is -2.23. The second-order valence-electron chi connectivity index (χ2n) is 6.81. The molecule has 2 heterocycles. The van der Waals surface area contributed by atoms with Gasteiger partial charge in [-0.05, 0) is 42.7 Å². The molecule has 1 amide bonds. The first-order valence-corrected chi connectivity index (χ1v) is 9.52. The summed E-state index contributed by atoms with van der Waals surface area (Å²) in [6.45, 7) is 1.50. The van der Waals surface area contributed by atoms with E-state index in [4.69, 9.17) is 21.6 Å². The van der Waals surface area contributed by atoms with E-state index in [1.165, 1.54) is 0 Å². The maximum atomic E-state index is 13.0. The number of amides is 1. The van der Waals surface area contributed by atoms with E-state index in [2.05, 4.69) is 4.90 Å². The van der Waals surface area contributed by atoms with Crippen molar-refractivity contribution in [1.29, 1.82) is 0 Å². The molecule has 2 aromatic carbocycles. The fourth-order valence-corrected chi connectivity index (χ4v) is 3.50. The number of aromatic nitrogens is 2. The normalized spacial score (nSPS) is 14.1. The van der Waals surface area contributed by atoms with E-state index in [9.17, 15) is 4.79 Å². The van der Waals surface area contributed by atoms with E-state index in [-0.39, 0.29) is 5.91 Å². The van der Waals surface area contributed by atoms with Crippen LogP contribution < -0.4 is 9.80 Å². The molecule has 0 unspecified atom stereocenters. The van der Waals surface area contributed by atoms with Gasteiger partial charge in [0.1, 0.15) is 0 Å². The monoisotopic (exact) mass is 380 g/mol. The third kappa shape index (κ3) is 3.74. The van der Waals surface area contributed by atoms with Gasteiger partial charge in [0.15, 0.2) is 11.6 Å². The maximum absolute atomic E-state index is 13.0. The van der Waals surface area contributed by atoms with Gasteiger partial charge in [0.05, 0.1) is 11.0 Å². The molecule has 0 aliphatic carbocycles. The van der Waals surface area contributed by atoms with Crippen molar-refractivity contribution < 1.29 is 4.79 Å². The Hall–Kier alpha value is -2.66. The molecule has 0 bridgehead atoms. The summed E-state index contributed by atoms with van der Waals surface area (Å²) in [4.78, 5) is 26.4. The highest BCUT2D eigenvalue weighted by Gasteiger charge is 2.26. The Labute approximate surface area is 163 Å². The third-order valence-corrected chi connectivity index (χ3v) is 5.12. The summed E-state index contributed by atoms with van der Waals surface area (Å²) in [6.07, 6.45) is 2.00. The number of benzene rings is 2. The number of aryl methyl sites for hydroxylation is 1. The molecule has 1 aromatic heterocycles. The zero-order valence-corrected chi connectivity index (χ0v) is 16.0. The van der Waals surface area contributed by atoms with Gasteiger partial charge in [0, 0.05) is 31.6 Å². The lowest BCUT2D eigenvalue weighted by molar-refractivity contribution is -0.118. The van der Waals surface area contributed by atoms with Gasteiger partial charge in [-0.1, -0.05) is 35.9 Å². The highest BCUT2D eigenvalue weighted by atomic mass is 35.5. The van der Waals surface area contributed by atoms with Gasteiger partial charge in [-0.25, -0.2) is 9.97 Å². The van der Waals surface area contributed by atoms with Crippen LogP contribution in [0.2, 0.25) is 5.02 Å². The van der Waals surface area contributed by atoms with Gasteiger partial charge in [-0.2, -0.15) is 0 Å². The molecule has 5 nitrogen and oxygen atoms in total. The molecule has 4 rings (SSSR count). The Morgan fingerprint density at radius 1 is 1.00 bits per heavy atom. The van der Waals surface area contributed by atoms with Gasteiger partial charge in [0.2, 0.25) is 5.91 Å². The fourth-order valence-electron chi connectivity index (χ4n) is 3.38. The molecular formula is C21H21ClN4O. The number of halogens is 1. The van der Waals surface area contributed by atoms with Crippen molar-refractivity contribution in [2.45, 2.75) is 19.3 Å². The van der Waals surface area contributed by atoms with Crippen LogP contribution in [-0.4, -0.2) is 36.0 Å². The summed E-state index contributed by atoms with van der Waals surface area (Å²) in [5.41, 5.74) is 2.75. The summed E-state index contributed by atoms with van der Waals surface area (Å²) in [6, 6.07) is 15.4. The highest BCUT2D eigenvalue weighted by molar-refractivity contribution is 6.30. The van der Waals surface area contributed by atoms with Crippen LogP contribution in [0.15, 0.2) is 48.5 Å².